The van der Waals surface area contributed by atoms with Crippen LogP contribution in [0.15, 0.2) is 54.2 Å². The average molecular weight is 445 g/mol. The van der Waals surface area contributed by atoms with Gasteiger partial charge in [0.15, 0.2) is 0 Å². The molecule has 0 spiro atoms. The van der Waals surface area contributed by atoms with Crippen LogP contribution in [0.2, 0.25) is 10.0 Å². The molecular weight excluding hydrogens is 427 g/mol. The van der Waals surface area contributed by atoms with Gasteiger partial charge >= 0.3 is 0 Å². The minimum Gasteiger partial charge on any atom is -0.346 e. The van der Waals surface area contributed by atoms with Crippen LogP contribution in [-0.4, -0.2) is 22.4 Å². The number of aromatic nitrogens is 2. The normalized spacial score (nSPS) is 12.2. The number of nitrogens with two attached hydrogens (primary N) is 1. The van der Waals surface area contributed by atoms with E-state index < -0.39 is 0 Å². The van der Waals surface area contributed by atoms with Gasteiger partial charge in [-0.2, -0.15) is 0 Å². The van der Waals surface area contributed by atoms with Crippen LogP contribution in [0.25, 0.3) is 11.0 Å². The van der Waals surface area contributed by atoms with Crippen molar-refractivity contribution in [2.24, 2.45) is 5.73 Å². The highest BCUT2D eigenvalue weighted by molar-refractivity contribution is 7.12. The van der Waals surface area contributed by atoms with Crippen LogP contribution < -0.4 is 11.1 Å². The summed E-state index contributed by atoms with van der Waals surface area (Å²) in [5.41, 5.74) is 9.64. The van der Waals surface area contributed by atoms with Crippen molar-refractivity contribution in [2.75, 3.05) is 6.54 Å². The van der Waals surface area contributed by atoms with Gasteiger partial charge in [0.2, 0.25) is 0 Å². The Bertz CT molecular complexity index is 1170. The van der Waals surface area contributed by atoms with E-state index in [9.17, 15) is 4.79 Å². The van der Waals surface area contributed by atoms with E-state index in [1.54, 1.807) is 18.3 Å². The zero-order chi connectivity index (χ0) is 20.4. The summed E-state index contributed by atoms with van der Waals surface area (Å²) >= 11 is 13.5. The van der Waals surface area contributed by atoms with Crippen LogP contribution in [0.1, 0.15) is 32.4 Å². The lowest BCUT2D eigenvalue weighted by Crippen LogP contribution is -2.33. The van der Waals surface area contributed by atoms with Crippen LogP contribution in [0, 0.1) is 0 Å². The molecule has 29 heavy (non-hydrogen) atoms. The highest BCUT2D eigenvalue weighted by Gasteiger charge is 2.19. The number of carbonyl (C=O) groups is 1. The topological polar surface area (TPSA) is 83.8 Å². The summed E-state index contributed by atoms with van der Waals surface area (Å²) < 4.78 is 0. The van der Waals surface area contributed by atoms with Crippen molar-refractivity contribution < 1.29 is 4.79 Å². The molecule has 4 N–H and O–H groups in total. The third-order valence-corrected chi connectivity index (χ3v) is 6.47. The number of benzene rings is 1. The number of H-pyrrole nitrogens is 1. The average Bonchev–Trinajstić information content (AvgIpc) is 3.38. The van der Waals surface area contributed by atoms with Gasteiger partial charge in [-0.25, -0.2) is 4.98 Å². The molecule has 1 aromatic carbocycles. The van der Waals surface area contributed by atoms with Gasteiger partial charge in [0.1, 0.15) is 5.65 Å². The Balaban J connectivity index is 1.56. The highest BCUT2D eigenvalue weighted by atomic mass is 35.5. The number of carbonyl (C=O) groups excluding carboxylic acids is 1. The molecule has 0 saturated carbocycles. The molecular formula is C21H18Cl2N4OS. The molecule has 148 valence electrons. The van der Waals surface area contributed by atoms with Crippen LogP contribution in [0.5, 0.6) is 0 Å². The number of hydrogen-bond acceptors (Lipinski definition) is 4. The Labute approximate surface area is 181 Å². The van der Waals surface area contributed by atoms with E-state index in [1.807, 2.05) is 35.8 Å². The molecule has 3 heterocycles. The van der Waals surface area contributed by atoms with Gasteiger partial charge in [-0.15, -0.1) is 11.3 Å². The lowest BCUT2D eigenvalue weighted by molar-refractivity contribution is 0.0941. The zero-order valence-electron chi connectivity index (χ0n) is 15.3. The molecule has 0 radical (unpaired) electrons. The number of nitrogens with zero attached hydrogens (tertiary/aromatic N) is 1. The van der Waals surface area contributed by atoms with Gasteiger partial charge in [-0.3, -0.25) is 4.79 Å². The molecule has 8 heteroatoms. The van der Waals surface area contributed by atoms with Crippen molar-refractivity contribution in [3.8, 4) is 0 Å². The molecule has 0 aliphatic rings. The SMILES string of the molecule is NC[C@@H](NC(=O)c1sccc1Cc1ccnc2[nH]ccc12)c1ccc(Cl)c(Cl)c1. The monoisotopic (exact) mass is 444 g/mol. The van der Waals surface area contributed by atoms with Crippen molar-refractivity contribution in [3.05, 3.63) is 85.8 Å². The van der Waals surface area contributed by atoms with Crippen molar-refractivity contribution in [1.29, 1.82) is 0 Å². The third-order valence-electron chi connectivity index (χ3n) is 4.77. The van der Waals surface area contributed by atoms with E-state index in [1.165, 1.54) is 11.3 Å². The number of hydrogen-bond donors (Lipinski definition) is 3. The maximum absolute atomic E-state index is 13.0. The predicted molar refractivity (Wildman–Crippen MR) is 119 cm³/mol. The van der Waals surface area contributed by atoms with E-state index in [0.29, 0.717) is 21.3 Å². The standard InChI is InChI=1S/C21H18Cl2N4OS/c22-16-2-1-13(10-17(16)23)18(11-24)27-21(28)19-14(5-8-29-19)9-12-3-6-25-20-15(12)4-7-26-20/h1-8,10,18H,9,11,24H2,(H,25,26)(H,27,28)/t18-/m1/s1. The lowest BCUT2D eigenvalue weighted by atomic mass is 10.0. The summed E-state index contributed by atoms with van der Waals surface area (Å²) in [5, 5.41) is 6.90. The van der Waals surface area contributed by atoms with Gasteiger partial charge in [0.05, 0.1) is 21.0 Å². The number of rotatable bonds is 6. The number of pyridine rings is 1. The van der Waals surface area contributed by atoms with Gasteiger partial charge in [-0.1, -0.05) is 29.3 Å². The zero-order valence-corrected chi connectivity index (χ0v) is 17.6. The minimum atomic E-state index is -0.357. The molecule has 4 rings (SSSR count). The molecule has 5 nitrogen and oxygen atoms in total. The first kappa shape index (κ1) is 19.9. The Morgan fingerprint density at radius 1 is 1.17 bits per heavy atom. The summed E-state index contributed by atoms with van der Waals surface area (Å²) in [6.07, 6.45) is 4.28. The number of thiophene rings is 1. The number of halogens is 2. The van der Waals surface area contributed by atoms with E-state index >= 15 is 0 Å². The maximum atomic E-state index is 13.0. The second-order valence-corrected chi connectivity index (χ2v) is 8.33. The Morgan fingerprint density at radius 3 is 2.83 bits per heavy atom. The maximum Gasteiger partial charge on any atom is 0.262 e. The molecule has 3 aromatic heterocycles. The Kier molecular flexibility index (Phi) is 5.87. The fraction of sp³-hybridized carbons (Fsp3) is 0.143. The van der Waals surface area contributed by atoms with E-state index in [2.05, 4.69) is 15.3 Å². The molecule has 0 unspecified atom stereocenters. The number of nitrogens with one attached hydrogen (secondary N) is 2. The molecule has 1 amide bonds. The molecule has 4 aromatic rings. The Hall–Kier alpha value is -2.38. The second kappa shape index (κ2) is 8.55. The van der Waals surface area contributed by atoms with Gasteiger partial charge in [0, 0.05) is 24.3 Å². The highest BCUT2D eigenvalue weighted by Crippen LogP contribution is 2.27. The van der Waals surface area contributed by atoms with Gasteiger partial charge in [0.25, 0.3) is 5.91 Å². The molecule has 0 aliphatic carbocycles. The fourth-order valence-corrected chi connectivity index (χ4v) is 4.42. The first-order valence-corrected chi connectivity index (χ1v) is 10.6. The molecule has 0 aliphatic heterocycles. The van der Waals surface area contributed by atoms with Gasteiger partial charge < -0.3 is 16.0 Å². The molecule has 1 atom stereocenters. The first-order chi connectivity index (χ1) is 14.1. The van der Waals surface area contributed by atoms with E-state index in [-0.39, 0.29) is 18.5 Å². The molecule has 0 bridgehead atoms. The fourth-order valence-electron chi connectivity index (χ4n) is 3.28. The first-order valence-electron chi connectivity index (χ1n) is 9.00. The van der Waals surface area contributed by atoms with Crippen molar-refractivity contribution in [1.82, 2.24) is 15.3 Å². The summed E-state index contributed by atoms with van der Waals surface area (Å²) in [7, 11) is 0. The largest absolute Gasteiger partial charge is 0.346 e. The van der Waals surface area contributed by atoms with Crippen LogP contribution in [0.3, 0.4) is 0 Å². The summed E-state index contributed by atoms with van der Waals surface area (Å²) in [4.78, 5) is 21.1. The molecule has 0 fully saturated rings. The van der Waals surface area contributed by atoms with Crippen LogP contribution >= 0.6 is 34.5 Å². The van der Waals surface area contributed by atoms with E-state index in [0.717, 1.165) is 27.7 Å². The summed E-state index contributed by atoms with van der Waals surface area (Å²) in [6, 6.07) is 10.9. The van der Waals surface area contributed by atoms with Crippen molar-refractivity contribution in [3.63, 3.8) is 0 Å². The van der Waals surface area contributed by atoms with Crippen LogP contribution in [0.4, 0.5) is 0 Å². The minimum absolute atomic E-state index is 0.157. The van der Waals surface area contributed by atoms with E-state index in [4.69, 9.17) is 28.9 Å². The lowest BCUT2D eigenvalue weighted by Gasteiger charge is -2.18. The van der Waals surface area contributed by atoms with Crippen LogP contribution in [-0.2, 0) is 6.42 Å². The number of aromatic amines is 1. The summed E-state index contributed by atoms with van der Waals surface area (Å²) in [6.45, 7) is 0.249. The number of amides is 1. The molecule has 0 saturated heterocycles. The summed E-state index contributed by atoms with van der Waals surface area (Å²) in [5.74, 6) is -0.157. The number of fused-ring (bicyclic) bond motifs is 1. The Morgan fingerprint density at radius 2 is 2.03 bits per heavy atom. The van der Waals surface area contributed by atoms with Gasteiger partial charge in [-0.05, 0) is 58.8 Å². The third kappa shape index (κ3) is 4.16. The quantitative estimate of drug-likeness (QED) is 0.393. The second-order valence-electron chi connectivity index (χ2n) is 6.60. The van der Waals surface area contributed by atoms with Crippen molar-refractivity contribution in [2.45, 2.75) is 12.5 Å². The smallest absolute Gasteiger partial charge is 0.262 e. The predicted octanol–water partition coefficient (Wildman–Crippen LogP) is 4.95. The van der Waals surface area contributed by atoms with Crippen molar-refractivity contribution >= 4 is 51.5 Å².